The molecule has 2 rings (SSSR count). The number of nitrogens with zero attached hydrogens (tertiary/aromatic N) is 1. The van der Waals surface area contributed by atoms with Crippen molar-refractivity contribution >= 4 is 11.8 Å². The molecule has 4 nitrogen and oxygen atoms in total. The second kappa shape index (κ2) is 7.45. The highest BCUT2D eigenvalue weighted by Crippen LogP contribution is 2.37. The maximum absolute atomic E-state index is 11.7. The Kier molecular flexibility index (Phi) is 5.88. The van der Waals surface area contributed by atoms with Crippen molar-refractivity contribution in [1.82, 2.24) is 9.97 Å². The Morgan fingerprint density at radius 1 is 1.48 bits per heavy atom. The number of aryl methyl sites for hydroxylation is 1. The molecule has 1 aliphatic rings. The van der Waals surface area contributed by atoms with Crippen molar-refractivity contribution in [2.45, 2.75) is 69.3 Å². The first-order chi connectivity index (χ1) is 9.99. The van der Waals surface area contributed by atoms with Crippen molar-refractivity contribution in [3.05, 3.63) is 22.1 Å². The number of nitrogens with two attached hydrogens (primary N) is 1. The molecule has 0 amide bonds. The molecule has 1 aliphatic carbocycles. The van der Waals surface area contributed by atoms with Crippen LogP contribution in [0.25, 0.3) is 0 Å². The minimum Gasteiger partial charge on any atom is -0.327 e. The van der Waals surface area contributed by atoms with Gasteiger partial charge in [-0.3, -0.25) is 4.79 Å². The number of rotatable bonds is 5. The van der Waals surface area contributed by atoms with E-state index < -0.39 is 0 Å². The standard InChI is InChI=1S/C16H27N3OS/c1-4-5-12-9-15(20)19-16(18-12)21-14-8-11(10(2)3)6-7-13(14)17/h9-11,13-14H,4-8,17H2,1-3H3,(H,18,19,20). The summed E-state index contributed by atoms with van der Waals surface area (Å²) in [6.45, 7) is 6.66. The lowest BCUT2D eigenvalue weighted by molar-refractivity contribution is 0.266. The van der Waals surface area contributed by atoms with Crippen LogP contribution < -0.4 is 11.3 Å². The fourth-order valence-corrected chi connectivity index (χ4v) is 4.26. The first-order valence-electron chi connectivity index (χ1n) is 8.02. The molecule has 0 aromatic carbocycles. The quantitative estimate of drug-likeness (QED) is 0.820. The van der Waals surface area contributed by atoms with Crippen LogP contribution in [0.5, 0.6) is 0 Å². The van der Waals surface area contributed by atoms with Gasteiger partial charge >= 0.3 is 0 Å². The molecule has 1 saturated carbocycles. The Balaban J connectivity index is 2.10. The maximum Gasteiger partial charge on any atom is 0.251 e. The summed E-state index contributed by atoms with van der Waals surface area (Å²) in [6, 6.07) is 1.80. The van der Waals surface area contributed by atoms with E-state index in [2.05, 4.69) is 30.7 Å². The molecule has 0 bridgehead atoms. The van der Waals surface area contributed by atoms with Gasteiger partial charge in [-0.2, -0.15) is 0 Å². The minimum atomic E-state index is -0.0549. The van der Waals surface area contributed by atoms with Crippen LogP contribution in [0.1, 0.15) is 52.1 Å². The second-order valence-corrected chi connectivity index (χ2v) is 7.66. The molecule has 1 aromatic rings. The lowest BCUT2D eigenvalue weighted by Gasteiger charge is -2.35. The van der Waals surface area contributed by atoms with E-state index in [-0.39, 0.29) is 11.6 Å². The van der Waals surface area contributed by atoms with Crippen LogP contribution in [-0.2, 0) is 6.42 Å². The van der Waals surface area contributed by atoms with E-state index in [1.807, 2.05) is 0 Å². The summed E-state index contributed by atoms with van der Waals surface area (Å²) >= 11 is 1.66. The predicted molar refractivity (Wildman–Crippen MR) is 88.7 cm³/mol. The molecule has 3 atom stereocenters. The van der Waals surface area contributed by atoms with Crippen molar-refractivity contribution in [2.75, 3.05) is 0 Å². The monoisotopic (exact) mass is 309 g/mol. The summed E-state index contributed by atoms with van der Waals surface area (Å²) in [7, 11) is 0. The summed E-state index contributed by atoms with van der Waals surface area (Å²) in [4.78, 5) is 19.2. The molecular formula is C16H27N3OS. The zero-order chi connectivity index (χ0) is 15.4. The van der Waals surface area contributed by atoms with Gasteiger partial charge in [0.2, 0.25) is 0 Å². The Labute approximate surface area is 131 Å². The first kappa shape index (κ1) is 16.6. The van der Waals surface area contributed by atoms with E-state index in [0.717, 1.165) is 42.5 Å². The largest absolute Gasteiger partial charge is 0.327 e. The van der Waals surface area contributed by atoms with Gasteiger partial charge in [-0.1, -0.05) is 39.0 Å². The second-order valence-electron chi connectivity index (χ2n) is 6.43. The number of hydrogen-bond donors (Lipinski definition) is 2. The Hall–Kier alpha value is -0.810. The van der Waals surface area contributed by atoms with E-state index in [0.29, 0.717) is 11.2 Å². The van der Waals surface area contributed by atoms with Gasteiger partial charge in [0.15, 0.2) is 5.16 Å². The van der Waals surface area contributed by atoms with Crippen molar-refractivity contribution in [3.63, 3.8) is 0 Å². The van der Waals surface area contributed by atoms with Crippen LogP contribution in [0.15, 0.2) is 16.0 Å². The third-order valence-electron chi connectivity index (χ3n) is 4.37. The highest BCUT2D eigenvalue weighted by atomic mass is 32.2. The molecule has 1 heterocycles. The van der Waals surface area contributed by atoms with Crippen LogP contribution in [0.2, 0.25) is 0 Å². The SMILES string of the molecule is CCCc1cc(=O)[nH]c(SC2CC(C(C)C)CCC2N)n1. The van der Waals surface area contributed by atoms with Gasteiger partial charge in [0.1, 0.15) is 0 Å². The number of H-pyrrole nitrogens is 1. The Morgan fingerprint density at radius 3 is 2.90 bits per heavy atom. The zero-order valence-corrected chi connectivity index (χ0v) is 14.1. The number of hydrogen-bond acceptors (Lipinski definition) is 4. The first-order valence-corrected chi connectivity index (χ1v) is 8.90. The van der Waals surface area contributed by atoms with Crippen LogP contribution in [-0.4, -0.2) is 21.3 Å². The van der Waals surface area contributed by atoms with Crippen LogP contribution in [0.4, 0.5) is 0 Å². The van der Waals surface area contributed by atoms with Gasteiger partial charge in [-0.25, -0.2) is 4.98 Å². The molecule has 21 heavy (non-hydrogen) atoms. The summed E-state index contributed by atoms with van der Waals surface area (Å²) in [5, 5.41) is 1.09. The van der Waals surface area contributed by atoms with Crippen LogP contribution in [0.3, 0.4) is 0 Å². The molecule has 0 spiro atoms. The maximum atomic E-state index is 11.7. The number of aromatic amines is 1. The van der Waals surface area contributed by atoms with Gasteiger partial charge in [0, 0.05) is 23.1 Å². The number of thioether (sulfide) groups is 1. The van der Waals surface area contributed by atoms with Crippen molar-refractivity contribution in [2.24, 2.45) is 17.6 Å². The highest BCUT2D eigenvalue weighted by Gasteiger charge is 2.30. The molecular weight excluding hydrogens is 282 g/mol. The molecule has 0 saturated heterocycles. The van der Waals surface area contributed by atoms with Gasteiger partial charge in [0.05, 0.1) is 0 Å². The summed E-state index contributed by atoms with van der Waals surface area (Å²) in [5.74, 6) is 1.42. The highest BCUT2D eigenvalue weighted by molar-refractivity contribution is 7.99. The predicted octanol–water partition coefficient (Wildman–Crippen LogP) is 2.97. The summed E-state index contributed by atoms with van der Waals surface area (Å²) in [5.41, 5.74) is 7.11. The van der Waals surface area contributed by atoms with Crippen molar-refractivity contribution in [1.29, 1.82) is 0 Å². The smallest absolute Gasteiger partial charge is 0.251 e. The summed E-state index contributed by atoms with van der Waals surface area (Å²) in [6.07, 6.45) is 5.25. The lowest BCUT2D eigenvalue weighted by atomic mass is 9.79. The van der Waals surface area contributed by atoms with Crippen LogP contribution >= 0.6 is 11.8 Å². The van der Waals surface area contributed by atoms with Gasteiger partial charge in [-0.15, -0.1) is 0 Å². The normalized spacial score (nSPS) is 26.2. The number of nitrogens with one attached hydrogen (secondary N) is 1. The molecule has 1 fully saturated rings. The fourth-order valence-electron chi connectivity index (χ4n) is 2.99. The Bertz CT molecular complexity index is 514. The average Bonchev–Trinajstić information content (AvgIpc) is 2.40. The van der Waals surface area contributed by atoms with Crippen molar-refractivity contribution in [3.8, 4) is 0 Å². The molecule has 118 valence electrons. The van der Waals surface area contributed by atoms with E-state index in [1.54, 1.807) is 17.8 Å². The van der Waals surface area contributed by atoms with Gasteiger partial charge in [-0.05, 0) is 37.5 Å². The average molecular weight is 309 g/mol. The number of aromatic nitrogens is 2. The molecule has 0 radical (unpaired) electrons. The molecule has 0 aliphatic heterocycles. The molecule has 3 N–H and O–H groups in total. The van der Waals surface area contributed by atoms with E-state index in [9.17, 15) is 4.79 Å². The lowest BCUT2D eigenvalue weighted by Crippen LogP contribution is -2.39. The zero-order valence-electron chi connectivity index (χ0n) is 13.3. The minimum absolute atomic E-state index is 0.0549. The van der Waals surface area contributed by atoms with E-state index >= 15 is 0 Å². The van der Waals surface area contributed by atoms with Crippen LogP contribution in [0, 0.1) is 11.8 Å². The fraction of sp³-hybridized carbons (Fsp3) is 0.750. The molecule has 3 unspecified atom stereocenters. The van der Waals surface area contributed by atoms with E-state index in [4.69, 9.17) is 5.73 Å². The molecule has 1 aromatic heterocycles. The van der Waals surface area contributed by atoms with Gasteiger partial charge in [0.25, 0.3) is 5.56 Å². The molecule has 5 heteroatoms. The summed E-state index contributed by atoms with van der Waals surface area (Å²) < 4.78 is 0. The topological polar surface area (TPSA) is 71.8 Å². The third kappa shape index (κ3) is 4.58. The van der Waals surface area contributed by atoms with E-state index in [1.165, 1.54) is 6.42 Å². The Morgan fingerprint density at radius 2 is 2.24 bits per heavy atom. The van der Waals surface area contributed by atoms with Gasteiger partial charge < -0.3 is 10.7 Å². The third-order valence-corrected chi connectivity index (χ3v) is 5.63. The van der Waals surface area contributed by atoms with Crippen molar-refractivity contribution < 1.29 is 0 Å².